The van der Waals surface area contributed by atoms with Crippen LogP contribution in [0.3, 0.4) is 0 Å². The lowest BCUT2D eigenvalue weighted by molar-refractivity contribution is 0.261. The van der Waals surface area contributed by atoms with Crippen LogP contribution in [0.15, 0.2) is 18.2 Å². The number of likely N-dealkylation sites (N-methyl/N-ethyl adjacent to an activating group) is 1. The van der Waals surface area contributed by atoms with Crippen molar-refractivity contribution in [2.24, 2.45) is 0 Å². The molecule has 1 aromatic heterocycles. The predicted molar refractivity (Wildman–Crippen MR) is 81.7 cm³/mol. The average Bonchev–Trinajstić information content (AvgIpc) is 2.82. The number of hydrogen-bond donors (Lipinski definition) is 0. The van der Waals surface area contributed by atoms with Crippen molar-refractivity contribution < 1.29 is 4.39 Å². The number of nitrogens with zero attached hydrogens (tertiary/aromatic N) is 3. The number of imidazole rings is 1. The monoisotopic (exact) mass is 297 g/mol. The zero-order valence-electron chi connectivity index (χ0n) is 12.2. The molecular formula is C15H21ClFN3. The van der Waals surface area contributed by atoms with Crippen LogP contribution in [-0.4, -0.2) is 34.1 Å². The summed E-state index contributed by atoms with van der Waals surface area (Å²) in [6.07, 6.45) is 0. The van der Waals surface area contributed by atoms with E-state index in [1.165, 1.54) is 12.1 Å². The van der Waals surface area contributed by atoms with Crippen molar-refractivity contribution in [1.82, 2.24) is 14.5 Å². The Morgan fingerprint density at radius 3 is 2.65 bits per heavy atom. The van der Waals surface area contributed by atoms with Crippen molar-refractivity contribution in [3.05, 3.63) is 29.8 Å². The molecule has 0 fully saturated rings. The molecule has 2 rings (SSSR count). The van der Waals surface area contributed by atoms with Crippen LogP contribution in [-0.2, 0) is 5.88 Å². The van der Waals surface area contributed by atoms with Gasteiger partial charge in [-0.2, -0.15) is 0 Å². The largest absolute Gasteiger partial charge is 0.323 e. The molecular weight excluding hydrogens is 277 g/mol. The van der Waals surface area contributed by atoms with Gasteiger partial charge in [0.25, 0.3) is 0 Å². The highest BCUT2D eigenvalue weighted by molar-refractivity contribution is 6.16. The van der Waals surface area contributed by atoms with E-state index >= 15 is 0 Å². The number of halogens is 2. The average molecular weight is 298 g/mol. The van der Waals surface area contributed by atoms with E-state index in [-0.39, 0.29) is 11.9 Å². The highest BCUT2D eigenvalue weighted by Gasteiger charge is 2.17. The predicted octanol–water partition coefficient (Wildman–Crippen LogP) is 3.82. The van der Waals surface area contributed by atoms with Crippen LogP contribution in [0, 0.1) is 5.82 Å². The maximum Gasteiger partial charge on any atom is 0.125 e. The van der Waals surface area contributed by atoms with Gasteiger partial charge in [-0.1, -0.05) is 13.8 Å². The van der Waals surface area contributed by atoms with Gasteiger partial charge in [0, 0.05) is 12.6 Å². The molecule has 1 aromatic carbocycles. The summed E-state index contributed by atoms with van der Waals surface area (Å²) >= 11 is 6.00. The summed E-state index contributed by atoms with van der Waals surface area (Å²) in [5.74, 6) is 0.889. The minimum absolute atomic E-state index is 0.204. The van der Waals surface area contributed by atoms with Crippen molar-refractivity contribution in [3.63, 3.8) is 0 Å². The lowest BCUT2D eigenvalue weighted by Crippen LogP contribution is -2.30. The summed E-state index contributed by atoms with van der Waals surface area (Å²) < 4.78 is 15.6. The van der Waals surface area contributed by atoms with E-state index in [0.717, 1.165) is 36.5 Å². The van der Waals surface area contributed by atoms with E-state index in [4.69, 9.17) is 11.6 Å². The van der Waals surface area contributed by atoms with Gasteiger partial charge in [-0.05, 0) is 38.2 Å². The van der Waals surface area contributed by atoms with Gasteiger partial charge in [0.2, 0.25) is 0 Å². The fourth-order valence-electron chi connectivity index (χ4n) is 2.64. The number of alkyl halides is 1. The normalized spacial score (nSPS) is 13.3. The fourth-order valence-corrected chi connectivity index (χ4v) is 2.83. The molecule has 0 radical (unpaired) electrons. The highest BCUT2D eigenvalue weighted by atomic mass is 35.5. The summed E-state index contributed by atoms with van der Waals surface area (Å²) in [6.45, 7) is 9.31. The van der Waals surface area contributed by atoms with Gasteiger partial charge in [0.15, 0.2) is 0 Å². The van der Waals surface area contributed by atoms with E-state index in [2.05, 4.69) is 35.2 Å². The second kappa shape index (κ2) is 6.55. The van der Waals surface area contributed by atoms with Crippen LogP contribution in [0.1, 0.15) is 32.6 Å². The molecule has 5 heteroatoms. The second-order valence-electron chi connectivity index (χ2n) is 5.00. The number of benzene rings is 1. The molecule has 0 N–H and O–H groups in total. The summed E-state index contributed by atoms with van der Waals surface area (Å²) in [5.41, 5.74) is 1.62. The van der Waals surface area contributed by atoms with Crippen LogP contribution in [0.2, 0.25) is 0 Å². The van der Waals surface area contributed by atoms with E-state index in [1.807, 2.05) is 0 Å². The molecule has 1 atom stereocenters. The Morgan fingerprint density at radius 1 is 1.35 bits per heavy atom. The Hall–Kier alpha value is -1.13. The van der Waals surface area contributed by atoms with Gasteiger partial charge in [-0.3, -0.25) is 0 Å². The van der Waals surface area contributed by atoms with Crippen LogP contribution in [0.4, 0.5) is 4.39 Å². The van der Waals surface area contributed by atoms with Crippen molar-refractivity contribution in [1.29, 1.82) is 0 Å². The molecule has 2 aromatic rings. The molecule has 0 bridgehead atoms. The molecule has 3 nitrogen and oxygen atoms in total. The minimum Gasteiger partial charge on any atom is -0.323 e. The van der Waals surface area contributed by atoms with Crippen LogP contribution >= 0.6 is 11.6 Å². The second-order valence-corrected chi connectivity index (χ2v) is 5.27. The quantitative estimate of drug-likeness (QED) is 0.756. The molecule has 0 amide bonds. The third-order valence-corrected chi connectivity index (χ3v) is 3.94. The maximum absolute atomic E-state index is 13.5. The Balaban J connectivity index is 2.42. The number of aromatic nitrogens is 2. The van der Waals surface area contributed by atoms with Gasteiger partial charge in [-0.25, -0.2) is 9.37 Å². The zero-order chi connectivity index (χ0) is 14.7. The first-order chi connectivity index (χ1) is 9.60. The maximum atomic E-state index is 13.5. The lowest BCUT2D eigenvalue weighted by atomic mass is 10.2. The first-order valence-electron chi connectivity index (χ1n) is 7.05. The van der Waals surface area contributed by atoms with Gasteiger partial charge < -0.3 is 9.47 Å². The minimum atomic E-state index is -0.241. The number of rotatable bonds is 6. The van der Waals surface area contributed by atoms with Gasteiger partial charge >= 0.3 is 0 Å². The molecule has 0 saturated carbocycles. The molecule has 20 heavy (non-hydrogen) atoms. The van der Waals surface area contributed by atoms with Crippen molar-refractivity contribution >= 4 is 22.6 Å². The molecule has 0 aliphatic rings. The van der Waals surface area contributed by atoms with E-state index in [1.54, 1.807) is 6.07 Å². The zero-order valence-corrected chi connectivity index (χ0v) is 13.0. The Labute approximate surface area is 124 Å². The van der Waals surface area contributed by atoms with Crippen LogP contribution in [0.5, 0.6) is 0 Å². The summed E-state index contributed by atoms with van der Waals surface area (Å²) in [4.78, 5) is 6.84. The number of hydrogen-bond acceptors (Lipinski definition) is 2. The first-order valence-corrected chi connectivity index (χ1v) is 7.58. The van der Waals surface area contributed by atoms with Crippen molar-refractivity contribution in [2.45, 2.75) is 32.7 Å². The smallest absolute Gasteiger partial charge is 0.125 e. The molecule has 0 aliphatic heterocycles. The SMILES string of the molecule is CCN(CC)CC(C)n1c(CCl)nc2ccc(F)cc21. The highest BCUT2D eigenvalue weighted by Crippen LogP contribution is 2.23. The Kier molecular flexibility index (Phi) is 5.00. The van der Waals surface area contributed by atoms with Crippen LogP contribution < -0.4 is 0 Å². The summed E-state index contributed by atoms with van der Waals surface area (Å²) in [5, 5.41) is 0. The lowest BCUT2D eigenvalue weighted by Gasteiger charge is -2.25. The van der Waals surface area contributed by atoms with Gasteiger partial charge in [0.05, 0.1) is 16.9 Å². The van der Waals surface area contributed by atoms with Crippen LogP contribution in [0.25, 0.3) is 11.0 Å². The molecule has 110 valence electrons. The van der Waals surface area contributed by atoms with E-state index in [0.29, 0.717) is 5.88 Å². The fraction of sp³-hybridized carbons (Fsp3) is 0.533. The molecule has 0 saturated heterocycles. The van der Waals surface area contributed by atoms with E-state index in [9.17, 15) is 4.39 Å². The Morgan fingerprint density at radius 2 is 2.05 bits per heavy atom. The molecule has 0 aliphatic carbocycles. The summed E-state index contributed by atoms with van der Waals surface area (Å²) in [6, 6.07) is 4.89. The molecule has 1 unspecified atom stereocenters. The number of fused-ring (bicyclic) bond motifs is 1. The van der Waals surface area contributed by atoms with E-state index < -0.39 is 0 Å². The Bertz CT molecular complexity index is 578. The first kappa shape index (κ1) is 15.3. The molecule has 0 spiro atoms. The topological polar surface area (TPSA) is 21.1 Å². The van der Waals surface area contributed by atoms with Gasteiger partial charge in [0.1, 0.15) is 11.6 Å². The van der Waals surface area contributed by atoms with Crippen molar-refractivity contribution in [3.8, 4) is 0 Å². The molecule has 1 heterocycles. The van der Waals surface area contributed by atoms with Crippen molar-refractivity contribution in [2.75, 3.05) is 19.6 Å². The third kappa shape index (κ3) is 2.96. The third-order valence-electron chi connectivity index (χ3n) is 3.70. The van der Waals surface area contributed by atoms with Gasteiger partial charge in [-0.15, -0.1) is 11.6 Å². The summed E-state index contributed by atoms with van der Waals surface area (Å²) in [7, 11) is 0. The standard InChI is InChI=1S/C15H21ClFN3/c1-4-19(5-2)10-11(3)20-14-8-12(17)6-7-13(14)18-15(20)9-16/h6-8,11H,4-5,9-10H2,1-3H3.